The van der Waals surface area contributed by atoms with Gasteiger partial charge in [-0.3, -0.25) is 4.90 Å². The minimum atomic E-state index is -0.213. The molecule has 0 atom stereocenters. The number of piperazine rings is 1. The lowest BCUT2D eigenvalue weighted by molar-refractivity contribution is -0.0135. The minimum Gasteiger partial charge on any atom is -0.472 e. The molecule has 1 aliphatic rings. The fourth-order valence-corrected chi connectivity index (χ4v) is 2.64. The number of pyridine rings is 1. The average molecular weight is 335 g/mol. The van der Waals surface area contributed by atoms with E-state index in [1.54, 1.807) is 0 Å². The molecule has 0 N–H and O–H groups in total. The van der Waals surface area contributed by atoms with Gasteiger partial charge in [-0.1, -0.05) is 0 Å². The molecule has 5 nitrogen and oxygen atoms in total. The smallest absolute Gasteiger partial charge is 0.213 e. The molecule has 5 heteroatoms. The van der Waals surface area contributed by atoms with Crippen LogP contribution in [0.2, 0.25) is 0 Å². The van der Waals surface area contributed by atoms with Crippen LogP contribution >= 0.6 is 0 Å². The molecule has 1 aliphatic heterocycles. The van der Waals surface area contributed by atoms with Gasteiger partial charge in [0, 0.05) is 38.8 Å². The van der Waals surface area contributed by atoms with Crippen LogP contribution in [0, 0.1) is 0 Å². The van der Waals surface area contributed by atoms with Crippen LogP contribution < -0.4 is 9.64 Å². The first-order valence-corrected chi connectivity index (χ1v) is 8.89. The summed E-state index contributed by atoms with van der Waals surface area (Å²) in [6.45, 7) is 18.4. The van der Waals surface area contributed by atoms with Crippen LogP contribution in [0.25, 0.3) is 0 Å². The summed E-state index contributed by atoms with van der Waals surface area (Å²) in [5.41, 5.74) is 0.904. The molecule has 1 aromatic rings. The van der Waals surface area contributed by atoms with E-state index >= 15 is 0 Å². The zero-order valence-electron chi connectivity index (χ0n) is 16.1. The van der Waals surface area contributed by atoms with Crippen LogP contribution in [0.1, 0.15) is 41.5 Å². The third-order valence-electron chi connectivity index (χ3n) is 3.81. The van der Waals surface area contributed by atoms with E-state index in [0.717, 1.165) is 39.3 Å². The quantitative estimate of drug-likeness (QED) is 0.826. The first kappa shape index (κ1) is 19.0. The van der Waals surface area contributed by atoms with Gasteiger partial charge in [0.1, 0.15) is 5.60 Å². The Morgan fingerprint density at radius 1 is 0.958 bits per heavy atom. The second-order valence-corrected chi connectivity index (χ2v) is 8.36. The van der Waals surface area contributed by atoms with E-state index in [2.05, 4.69) is 41.6 Å². The normalized spacial score (nSPS) is 17.2. The van der Waals surface area contributed by atoms with Gasteiger partial charge in [-0.15, -0.1) is 0 Å². The molecule has 1 aromatic heterocycles. The van der Waals surface area contributed by atoms with Gasteiger partial charge in [0.25, 0.3) is 0 Å². The number of aromatic nitrogens is 1. The molecular weight excluding hydrogens is 302 g/mol. The van der Waals surface area contributed by atoms with Crippen molar-refractivity contribution < 1.29 is 9.47 Å². The first-order chi connectivity index (χ1) is 11.1. The number of rotatable bonds is 5. The Hall–Kier alpha value is -1.33. The summed E-state index contributed by atoms with van der Waals surface area (Å²) in [5, 5.41) is 0. The molecule has 0 aliphatic carbocycles. The van der Waals surface area contributed by atoms with Crippen molar-refractivity contribution in [1.82, 2.24) is 9.88 Å². The fraction of sp³-hybridized carbons (Fsp3) is 0.737. The zero-order chi connectivity index (χ0) is 17.8. The summed E-state index contributed by atoms with van der Waals surface area (Å²) in [6.07, 6.45) is 1.92. The van der Waals surface area contributed by atoms with Gasteiger partial charge in [-0.05, 0) is 47.6 Å². The second kappa shape index (κ2) is 7.70. The van der Waals surface area contributed by atoms with Crippen molar-refractivity contribution in [2.45, 2.75) is 52.7 Å². The minimum absolute atomic E-state index is 0.0512. The van der Waals surface area contributed by atoms with E-state index in [4.69, 9.17) is 9.47 Å². The molecule has 0 unspecified atom stereocenters. The van der Waals surface area contributed by atoms with E-state index in [1.165, 1.54) is 5.69 Å². The van der Waals surface area contributed by atoms with Crippen molar-refractivity contribution >= 4 is 5.69 Å². The number of anilines is 1. The molecule has 0 saturated carbocycles. The molecule has 1 fully saturated rings. The molecule has 0 spiro atoms. The molecule has 2 heterocycles. The van der Waals surface area contributed by atoms with Crippen molar-refractivity contribution in [3.8, 4) is 5.88 Å². The topological polar surface area (TPSA) is 37.8 Å². The fourth-order valence-electron chi connectivity index (χ4n) is 2.64. The zero-order valence-corrected chi connectivity index (χ0v) is 16.1. The van der Waals surface area contributed by atoms with Crippen LogP contribution in [0.3, 0.4) is 0 Å². The van der Waals surface area contributed by atoms with Gasteiger partial charge in [0.15, 0.2) is 0 Å². The summed E-state index contributed by atoms with van der Waals surface area (Å²) in [7, 11) is 0. The maximum Gasteiger partial charge on any atom is 0.213 e. The van der Waals surface area contributed by atoms with E-state index in [1.807, 2.05) is 33.0 Å². The standard InChI is InChI=1S/C19H33N3O2/c1-18(2,3)23-14-13-21-9-11-22(12-10-21)16-7-8-17(20-15-16)24-19(4,5)6/h7-8,15H,9-14H2,1-6H3. The van der Waals surface area contributed by atoms with Crippen LogP contribution in [0.4, 0.5) is 5.69 Å². The molecular formula is C19H33N3O2. The Kier molecular flexibility index (Phi) is 6.10. The van der Waals surface area contributed by atoms with E-state index in [9.17, 15) is 0 Å². The third-order valence-corrected chi connectivity index (χ3v) is 3.81. The predicted octanol–water partition coefficient (Wildman–Crippen LogP) is 3.20. The van der Waals surface area contributed by atoms with Crippen LogP contribution in [0.15, 0.2) is 18.3 Å². The lowest BCUT2D eigenvalue weighted by atomic mass is 10.2. The Morgan fingerprint density at radius 2 is 1.62 bits per heavy atom. The van der Waals surface area contributed by atoms with Crippen LogP contribution in [-0.4, -0.2) is 60.4 Å². The Morgan fingerprint density at radius 3 is 2.12 bits per heavy atom. The van der Waals surface area contributed by atoms with Crippen LogP contribution in [0.5, 0.6) is 5.88 Å². The molecule has 0 radical (unpaired) electrons. The van der Waals surface area contributed by atoms with Gasteiger partial charge >= 0.3 is 0 Å². The molecule has 2 rings (SSSR count). The SMILES string of the molecule is CC(C)(C)OCCN1CCN(c2ccc(OC(C)(C)C)nc2)CC1. The number of ether oxygens (including phenoxy) is 2. The maximum absolute atomic E-state index is 5.82. The number of hydrogen-bond acceptors (Lipinski definition) is 5. The van der Waals surface area contributed by atoms with Gasteiger partial charge in [0.05, 0.1) is 24.1 Å². The highest BCUT2D eigenvalue weighted by atomic mass is 16.5. The van der Waals surface area contributed by atoms with Crippen molar-refractivity contribution in [2.75, 3.05) is 44.2 Å². The number of nitrogens with zero attached hydrogens (tertiary/aromatic N) is 3. The summed E-state index contributed by atoms with van der Waals surface area (Å²) in [5.74, 6) is 0.684. The Balaban J connectivity index is 1.78. The molecule has 0 aromatic carbocycles. The third kappa shape index (κ3) is 6.65. The van der Waals surface area contributed by atoms with E-state index in [-0.39, 0.29) is 11.2 Å². The number of hydrogen-bond donors (Lipinski definition) is 0. The van der Waals surface area contributed by atoms with Crippen molar-refractivity contribution in [3.05, 3.63) is 18.3 Å². The summed E-state index contributed by atoms with van der Waals surface area (Å²) >= 11 is 0. The molecule has 1 saturated heterocycles. The van der Waals surface area contributed by atoms with Crippen molar-refractivity contribution in [3.63, 3.8) is 0 Å². The van der Waals surface area contributed by atoms with E-state index < -0.39 is 0 Å². The van der Waals surface area contributed by atoms with Crippen molar-refractivity contribution in [2.24, 2.45) is 0 Å². The lowest BCUT2D eigenvalue weighted by Crippen LogP contribution is -2.47. The lowest BCUT2D eigenvalue weighted by Gasteiger charge is -2.36. The second-order valence-electron chi connectivity index (χ2n) is 8.36. The Labute approximate surface area is 147 Å². The van der Waals surface area contributed by atoms with E-state index in [0.29, 0.717) is 5.88 Å². The summed E-state index contributed by atoms with van der Waals surface area (Å²) in [4.78, 5) is 9.29. The first-order valence-electron chi connectivity index (χ1n) is 8.89. The highest BCUT2D eigenvalue weighted by molar-refractivity contribution is 5.45. The molecule has 136 valence electrons. The largest absolute Gasteiger partial charge is 0.472 e. The van der Waals surface area contributed by atoms with Crippen LogP contribution in [-0.2, 0) is 4.74 Å². The summed E-state index contributed by atoms with van der Waals surface area (Å²) in [6, 6.07) is 4.07. The maximum atomic E-state index is 5.82. The highest BCUT2D eigenvalue weighted by Crippen LogP contribution is 2.20. The Bertz CT molecular complexity index is 495. The van der Waals surface area contributed by atoms with Gasteiger partial charge < -0.3 is 14.4 Å². The monoisotopic (exact) mass is 335 g/mol. The van der Waals surface area contributed by atoms with Gasteiger partial charge in [-0.25, -0.2) is 4.98 Å². The van der Waals surface area contributed by atoms with Gasteiger partial charge in [0.2, 0.25) is 5.88 Å². The van der Waals surface area contributed by atoms with Crippen molar-refractivity contribution in [1.29, 1.82) is 0 Å². The molecule has 0 amide bonds. The average Bonchev–Trinajstić information content (AvgIpc) is 2.46. The highest BCUT2D eigenvalue weighted by Gasteiger charge is 2.19. The van der Waals surface area contributed by atoms with Gasteiger partial charge in [-0.2, -0.15) is 0 Å². The summed E-state index contributed by atoms with van der Waals surface area (Å²) < 4.78 is 11.6. The molecule has 0 bridgehead atoms. The molecule has 24 heavy (non-hydrogen) atoms. The predicted molar refractivity (Wildman–Crippen MR) is 99.0 cm³/mol.